The number of thiazole rings is 1. The Bertz CT molecular complexity index is 1460. The van der Waals surface area contributed by atoms with Gasteiger partial charge >= 0.3 is 6.03 Å². The molecule has 3 aromatic carbocycles. The van der Waals surface area contributed by atoms with Gasteiger partial charge in [-0.3, -0.25) is 14.5 Å². The van der Waals surface area contributed by atoms with Crippen LogP contribution < -0.4 is 10.6 Å². The maximum atomic E-state index is 13.1. The Morgan fingerprint density at radius 1 is 1.00 bits per heavy atom. The standard InChI is InChI=1S/C27H24N4O3S/c1-16-4-9-19(10-5-16)27(3)25(33)31(26(34)30-27)15-23(32)28-20-11-7-18(8-12-20)24-29-21-13-6-17(2)14-22(21)35-24/h4-14H,15H2,1-3H3,(H,28,32)(H,30,34)/t27-/m1/s1. The maximum absolute atomic E-state index is 13.1. The van der Waals surface area contributed by atoms with E-state index in [-0.39, 0.29) is 6.54 Å². The van der Waals surface area contributed by atoms with Crippen LogP contribution in [0.3, 0.4) is 0 Å². The number of benzene rings is 3. The van der Waals surface area contributed by atoms with E-state index in [2.05, 4.69) is 28.6 Å². The lowest BCUT2D eigenvalue weighted by Crippen LogP contribution is -2.42. The average molecular weight is 485 g/mol. The zero-order valence-corrected chi connectivity index (χ0v) is 20.4. The Kier molecular flexibility index (Phi) is 5.61. The Labute approximate surface area is 206 Å². The van der Waals surface area contributed by atoms with Crippen LogP contribution in [0.15, 0.2) is 66.7 Å². The number of aromatic nitrogens is 1. The largest absolute Gasteiger partial charge is 0.325 e. The number of hydrogen-bond donors (Lipinski definition) is 2. The van der Waals surface area contributed by atoms with Crippen molar-refractivity contribution in [2.75, 3.05) is 11.9 Å². The van der Waals surface area contributed by atoms with E-state index in [9.17, 15) is 14.4 Å². The number of nitrogens with zero attached hydrogens (tertiary/aromatic N) is 2. The van der Waals surface area contributed by atoms with Crippen molar-refractivity contribution in [1.82, 2.24) is 15.2 Å². The van der Waals surface area contributed by atoms with Crippen molar-refractivity contribution in [3.63, 3.8) is 0 Å². The number of aryl methyl sites for hydroxylation is 2. The van der Waals surface area contributed by atoms with Gasteiger partial charge in [0.05, 0.1) is 10.2 Å². The van der Waals surface area contributed by atoms with E-state index < -0.39 is 23.4 Å². The Morgan fingerprint density at radius 2 is 1.69 bits per heavy atom. The highest BCUT2D eigenvalue weighted by atomic mass is 32.1. The molecule has 0 aliphatic carbocycles. The second-order valence-corrected chi connectivity index (χ2v) is 9.96. The van der Waals surface area contributed by atoms with Crippen molar-refractivity contribution in [1.29, 1.82) is 0 Å². The lowest BCUT2D eigenvalue weighted by molar-refractivity contribution is -0.133. The molecule has 0 bridgehead atoms. The number of hydrogen-bond acceptors (Lipinski definition) is 5. The first kappa shape index (κ1) is 22.7. The fourth-order valence-corrected chi connectivity index (χ4v) is 5.19. The lowest BCUT2D eigenvalue weighted by atomic mass is 9.91. The van der Waals surface area contributed by atoms with Crippen LogP contribution in [0.5, 0.6) is 0 Å². The molecule has 0 unspecified atom stereocenters. The molecule has 0 saturated carbocycles. The summed E-state index contributed by atoms with van der Waals surface area (Å²) in [4.78, 5) is 43.9. The van der Waals surface area contributed by atoms with Crippen LogP contribution >= 0.6 is 11.3 Å². The number of carbonyl (C=O) groups is 3. The normalized spacial score (nSPS) is 17.6. The molecule has 1 aromatic heterocycles. The minimum atomic E-state index is -1.21. The van der Waals surface area contributed by atoms with Crippen LogP contribution in [0.4, 0.5) is 10.5 Å². The van der Waals surface area contributed by atoms with Crippen LogP contribution in [-0.4, -0.2) is 34.3 Å². The molecule has 1 aliphatic rings. The molecule has 2 heterocycles. The van der Waals surface area contributed by atoms with Gasteiger partial charge in [0.1, 0.15) is 17.1 Å². The first-order chi connectivity index (χ1) is 16.7. The van der Waals surface area contributed by atoms with E-state index in [0.717, 1.165) is 31.3 Å². The van der Waals surface area contributed by atoms with Crippen molar-refractivity contribution < 1.29 is 14.4 Å². The van der Waals surface area contributed by atoms with Gasteiger partial charge in [0.2, 0.25) is 5.91 Å². The Balaban J connectivity index is 1.26. The number of rotatable bonds is 5. The molecular weight excluding hydrogens is 460 g/mol. The van der Waals surface area contributed by atoms with E-state index >= 15 is 0 Å². The van der Waals surface area contributed by atoms with E-state index in [4.69, 9.17) is 0 Å². The quantitative estimate of drug-likeness (QED) is 0.391. The smallest absolute Gasteiger partial charge is 0.325 e. The van der Waals surface area contributed by atoms with Crippen LogP contribution in [0.25, 0.3) is 20.8 Å². The summed E-state index contributed by atoms with van der Waals surface area (Å²) in [5.74, 6) is -0.909. The SMILES string of the molecule is Cc1ccc([C@@]2(C)NC(=O)N(CC(=O)Nc3ccc(-c4nc5ccc(C)cc5s4)cc3)C2=O)cc1. The number of fused-ring (bicyclic) bond motifs is 1. The number of amides is 4. The zero-order chi connectivity index (χ0) is 24.7. The number of anilines is 1. The summed E-state index contributed by atoms with van der Waals surface area (Å²) in [6.07, 6.45) is 0. The van der Waals surface area contributed by atoms with Gasteiger partial charge in [0, 0.05) is 11.3 Å². The summed E-state index contributed by atoms with van der Waals surface area (Å²) >= 11 is 1.62. The number of carbonyl (C=O) groups excluding carboxylic acids is 3. The van der Waals surface area contributed by atoms with Crippen molar-refractivity contribution in [2.45, 2.75) is 26.3 Å². The number of imide groups is 1. The molecule has 5 rings (SSSR count). The van der Waals surface area contributed by atoms with Crippen molar-refractivity contribution >= 4 is 45.1 Å². The highest BCUT2D eigenvalue weighted by Gasteiger charge is 2.49. The van der Waals surface area contributed by atoms with Gasteiger partial charge in [-0.2, -0.15) is 0 Å². The maximum Gasteiger partial charge on any atom is 0.325 e. The topological polar surface area (TPSA) is 91.4 Å². The monoisotopic (exact) mass is 484 g/mol. The highest BCUT2D eigenvalue weighted by molar-refractivity contribution is 7.21. The third-order valence-corrected chi connectivity index (χ3v) is 7.23. The summed E-state index contributed by atoms with van der Waals surface area (Å²) in [5, 5.41) is 6.40. The van der Waals surface area contributed by atoms with E-state index in [0.29, 0.717) is 11.3 Å². The molecule has 1 atom stereocenters. The number of urea groups is 1. The summed E-state index contributed by atoms with van der Waals surface area (Å²) in [6.45, 7) is 5.28. The second-order valence-electron chi connectivity index (χ2n) is 8.93. The molecule has 0 spiro atoms. The average Bonchev–Trinajstić information content (AvgIpc) is 3.34. The first-order valence-corrected chi connectivity index (χ1v) is 12.0. The fraction of sp³-hybridized carbons (Fsp3) is 0.185. The molecule has 7 nitrogen and oxygen atoms in total. The fourth-order valence-electron chi connectivity index (χ4n) is 4.12. The molecule has 8 heteroatoms. The third-order valence-electron chi connectivity index (χ3n) is 6.17. The van der Waals surface area contributed by atoms with Gasteiger partial charge in [-0.1, -0.05) is 35.9 Å². The van der Waals surface area contributed by atoms with Crippen LogP contribution in [-0.2, 0) is 15.1 Å². The minimum Gasteiger partial charge on any atom is -0.325 e. The summed E-state index contributed by atoms with van der Waals surface area (Å²) in [5.41, 5.74) is 4.19. The van der Waals surface area contributed by atoms with Gasteiger partial charge in [-0.05, 0) is 68.3 Å². The zero-order valence-electron chi connectivity index (χ0n) is 19.6. The molecule has 1 saturated heterocycles. The minimum absolute atomic E-state index is 0.370. The molecule has 35 heavy (non-hydrogen) atoms. The highest BCUT2D eigenvalue weighted by Crippen LogP contribution is 2.32. The lowest BCUT2D eigenvalue weighted by Gasteiger charge is -2.22. The van der Waals surface area contributed by atoms with Crippen LogP contribution in [0, 0.1) is 13.8 Å². The summed E-state index contributed by atoms with van der Waals surface area (Å²) < 4.78 is 1.13. The molecule has 0 radical (unpaired) electrons. The molecule has 1 aliphatic heterocycles. The molecule has 1 fully saturated rings. The van der Waals surface area contributed by atoms with Crippen molar-refractivity contribution in [3.8, 4) is 10.6 Å². The van der Waals surface area contributed by atoms with E-state index in [1.165, 1.54) is 5.56 Å². The summed E-state index contributed by atoms with van der Waals surface area (Å²) in [6, 6.07) is 20.3. The Hall–Kier alpha value is -4.04. The summed E-state index contributed by atoms with van der Waals surface area (Å²) in [7, 11) is 0. The van der Waals surface area contributed by atoms with Gasteiger partial charge in [-0.15, -0.1) is 11.3 Å². The van der Waals surface area contributed by atoms with Crippen molar-refractivity contribution in [2.24, 2.45) is 0 Å². The van der Waals surface area contributed by atoms with E-state index in [1.54, 1.807) is 30.4 Å². The predicted octanol–water partition coefficient (Wildman–Crippen LogP) is 4.99. The van der Waals surface area contributed by atoms with Crippen LogP contribution in [0.1, 0.15) is 23.6 Å². The molecule has 176 valence electrons. The first-order valence-electron chi connectivity index (χ1n) is 11.2. The molecule has 4 aromatic rings. The Morgan fingerprint density at radius 3 is 2.40 bits per heavy atom. The van der Waals surface area contributed by atoms with Gasteiger partial charge in [0.25, 0.3) is 5.91 Å². The number of nitrogens with one attached hydrogen (secondary N) is 2. The van der Waals surface area contributed by atoms with Gasteiger partial charge < -0.3 is 10.6 Å². The van der Waals surface area contributed by atoms with Gasteiger partial charge in [0.15, 0.2) is 0 Å². The molecule has 4 amide bonds. The predicted molar refractivity (Wildman–Crippen MR) is 137 cm³/mol. The second kappa shape index (κ2) is 8.63. The molecule has 2 N–H and O–H groups in total. The van der Waals surface area contributed by atoms with Crippen LogP contribution in [0.2, 0.25) is 0 Å². The third kappa shape index (κ3) is 4.28. The van der Waals surface area contributed by atoms with E-state index in [1.807, 2.05) is 55.5 Å². The van der Waals surface area contributed by atoms with Crippen molar-refractivity contribution in [3.05, 3.63) is 83.4 Å². The van der Waals surface area contributed by atoms with Gasteiger partial charge in [-0.25, -0.2) is 9.78 Å². The molecular formula is C27H24N4O3S.